The summed E-state index contributed by atoms with van der Waals surface area (Å²) >= 11 is 3.38. The number of fused-ring (bicyclic) bond motifs is 1. The number of aryl methyl sites for hydroxylation is 2. The Labute approximate surface area is 194 Å². The van der Waals surface area contributed by atoms with Gasteiger partial charge < -0.3 is 14.8 Å². The molecule has 1 N–H and O–H groups in total. The Morgan fingerprint density at radius 2 is 2.03 bits per heavy atom. The van der Waals surface area contributed by atoms with Crippen LogP contribution in [0.2, 0.25) is 0 Å². The lowest BCUT2D eigenvalue weighted by atomic mass is 10.1. The Hall–Kier alpha value is -3.39. The van der Waals surface area contributed by atoms with Crippen LogP contribution < -0.4 is 19.7 Å². The summed E-state index contributed by atoms with van der Waals surface area (Å²) < 4.78 is 12.2. The molecular formula is C24H22BrN3O4. The first-order chi connectivity index (χ1) is 15.4. The van der Waals surface area contributed by atoms with Crippen LogP contribution in [-0.4, -0.2) is 29.9 Å². The molecule has 1 aromatic heterocycles. The number of amides is 2. The number of nitrogens with one attached hydrogen (secondary N) is 1. The van der Waals surface area contributed by atoms with E-state index in [-0.39, 0.29) is 25.0 Å². The second-order valence-corrected chi connectivity index (χ2v) is 8.45. The van der Waals surface area contributed by atoms with Gasteiger partial charge >= 0.3 is 0 Å². The number of rotatable bonds is 6. The molecule has 1 aliphatic heterocycles. The van der Waals surface area contributed by atoms with Crippen molar-refractivity contribution in [3.63, 3.8) is 0 Å². The van der Waals surface area contributed by atoms with Gasteiger partial charge in [0.1, 0.15) is 18.0 Å². The highest BCUT2D eigenvalue weighted by atomic mass is 79.9. The summed E-state index contributed by atoms with van der Waals surface area (Å²) in [5, 5.41) is 2.83. The van der Waals surface area contributed by atoms with Gasteiger partial charge in [0.15, 0.2) is 6.61 Å². The molecule has 32 heavy (non-hydrogen) atoms. The van der Waals surface area contributed by atoms with Crippen molar-refractivity contribution in [2.75, 3.05) is 18.1 Å². The lowest BCUT2D eigenvalue weighted by molar-refractivity contribution is -0.125. The zero-order valence-corrected chi connectivity index (χ0v) is 19.3. The van der Waals surface area contributed by atoms with Crippen LogP contribution >= 0.6 is 15.9 Å². The van der Waals surface area contributed by atoms with E-state index < -0.39 is 0 Å². The highest BCUT2D eigenvalue weighted by Gasteiger charge is 2.27. The third-order valence-electron chi connectivity index (χ3n) is 5.01. The molecular weight excluding hydrogens is 474 g/mol. The van der Waals surface area contributed by atoms with E-state index in [1.165, 1.54) is 4.90 Å². The van der Waals surface area contributed by atoms with E-state index in [4.69, 9.17) is 9.47 Å². The molecule has 0 spiro atoms. The molecule has 0 atom stereocenters. The second-order valence-electron chi connectivity index (χ2n) is 7.53. The summed E-state index contributed by atoms with van der Waals surface area (Å²) in [4.78, 5) is 30.5. The number of carbonyl (C=O) groups excluding carboxylic acids is 2. The molecule has 7 nitrogen and oxygen atoms in total. The zero-order valence-electron chi connectivity index (χ0n) is 17.7. The van der Waals surface area contributed by atoms with E-state index in [0.29, 0.717) is 23.9 Å². The molecule has 0 aliphatic carbocycles. The maximum absolute atomic E-state index is 12.5. The topological polar surface area (TPSA) is 80.8 Å². The van der Waals surface area contributed by atoms with Gasteiger partial charge in [0, 0.05) is 23.3 Å². The van der Waals surface area contributed by atoms with Gasteiger partial charge in [0.2, 0.25) is 11.8 Å². The number of carbonyl (C=O) groups is 2. The van der Waals surface area contributed by atoms with Crippen LogP contribution in [0.15, 0.2) is 59.2 Å². The van der Waals surface area contributed by atoms with Crippen LogP contribution in [0.4, 0.5) is 5.69 Å². The van der Waals surface area contributed by atoms with E-state index in [2.05, 4.69) is 26.2 Å². The van der Waals surface area contributed by atoms with E-state index in [1.54, 1.807) is 30.5 Å². The second kappa shape index (κ2) is 9.40. The normalized spacial score (nSPS) is 12.7. The quantitative estimate of drug-likeness (QED) is 0.551. The summed E-state index contributed by atoms with van der Waals surface area (Å²) in [6.45, 7) is 4.10. The minimum absolute atomic E-state index is 0.0852. The largest absolute Gasteiger partial charge is 0.482 e. The molecule has 164 valence electrons. The Bertz CT molecular complexity index is 1160. The van der Waals surface area contributed by atoms with Gasteiger partial charge in [0.25, 0.3) is 5.91 Å². The van der Waals surface area contributed by atoms with Crippen LogP contribution in [0, 0.1) is 13.8 Å². The van der Waals surface area contributed by atoms with E-state index in [1.807, 2.05) is 38.1 Å². The predicted molar refractivity (Wildman–Crippen MR) is 124 cm³/mol. The highest BCUT2D eigenvalue weighted by Crippen LogP contribution is 2.34. The number of anilines is 1. The Morgan fingerprint density at radius 3 is 2.81 bits per heavy atom. The van der Waals surface area contributed by atoms with E-state index in [9.17, 15) is 9.59 Å². The van der Waals surface area contributed by atoms with Crippen molar-refractivity contribution in [1.82, 2.24) is 10.3 Å². The molecule has 0 saturated carbocycles. The molecule has 2 heterocycles. The van der Waals surface area contributed by atoms with Gasteiger partial charge in [-0.3, -0.25) is 14.5 Å². The Kier molecular flexibility index (Phi) is 6.41. The summed E-state index contributed by atoms with van der Waals surface area (Å²) in [6, 6.07) is 15.0. The smallest absolute Gasteiger partial charge is 0.265 e. The number of ether oxygens (including phenoxy) is 2. The molecule has 2 amide bonds. The van der Waals surface area contributed by atoms with Crippen LogP contribution in [0.1, 0.15) is 16.7 Å². The zero-order chi connectivity index (χ0) is 22.7. The average molecular weight is 496 g/mol. The van der Waals surface area contributed by atoms with E-state index in [0.717, 1.165) is 26.9 Å². The lowest BCUT2D eigenvalue weighted by Gasteiger charge is -2.29. The molecule has 0 bridgehead atoms. The van der Waals surface area contributed by atoms with Crippen molar-refractivity contribution in [3.05, 3.63) is 75.9 Å². The van der Waals surface area contributed by atoms with Gasteiger partial charge in [-0.15, -0.1) is 0 Å². The molecule has 3 aromatic rings. The number of halogens is 1. The summed E-state index contributed by atoms with van der Waals surface area (Å²) in [5.74, 6) is 1.28. The molecule has 4 rings (SSSR count). The Morgan fingerprint density at radius 1 is 1.19 bits per heavy atom. The van der Waals surface area contributed by atoms with Crippen molar-refractivity contribution in [2.24, 2.45) is 0 Å². The molecule has 0 fully saturated rings. The molecule has 0 unspecified atom stereocenters. The van der Waals surface area contributed by atoms with Crippen molar-refractivity contribution >= 4 is 33.4 Å². The number of benzene rings is 2. The number of aromatic nitrogens is 1. The first-order valence-electron chi connectivity index (χ1n) is 10.1. The minimum Gasteiger partial charge on any atom is -0.482 e. The molecule has 2 aromatic carbocycles. The van der Waals surface area contributed by atoms with Gasteiger partial charge in [-0.1, -0.05) is 34.1 Å². The fraction of sp³-hybridized carbons (Fsp3) is 0.208. The van der Waals surface area contributed by atoms with Crippen molar-refractivity contribution in [2.45, 2.75) is 20.4 Å². The van der Waals surface area contributed by atoms with Crippen LogP contribution in [-0.2, 0) is 16.1 Å². The highest BCUT2D eigenvalue weighted by molar-refractivity contribution is 9.10. The van der Waals surface area contributed by atoms with Crippen LogP contribution in [0.3, 0.4) is 0 Å². The van der Waals surface area contributed by atoms with Gasteiger partial charge in [-0.2, -0.15) is 0 Å². The van der Waals surface area contributed by atoms with Gasteiger partial charge in [-0.25, -0.2) is 4.98 Å². The average Bonchev–Trinajstić information content (AvgIpc) is 2.78. The third kappa shape index (κ3) is 5.08. The molecule has 0 radical (unpaired) electrons. The monoisotopic (exact) mass is 495 g/mol. The molecule has 0 saturated heterocycles. The number of pyridine rings is 1. The number of nitrogens with zero attached hydrogens (tertiary/aromatic N) is 2. The van der Waals surface area contributed by atoms with Crippen LogP contribution in [0.25, 0.3) is 0 Å². The maximum Gasteiger partial charge on any atom is 0.265 e. The summed E-state index contributed by atoms with van der Waals surface area (Å²) in [5.41, 5.74) is 3.54. The van der Waals surface area contributed by atoms with Crippen molar-refractivity contribution in [1.29, 1.82) is 0 Å². The SMILES string of the molecule is Cc1ccc(C)c(Oc2ccc(CNC(=O)CN3C(=O)COc4cc(Br)ccc43)cn2)c1. The lowest BCUT2D eigenvalue weighted by Crippen LogP contribution is -2.45. The summed E-state index contributed by atoms with van der Waals surface area (Å²) in [6.07, 6.45) is 1.66. The fourth-order valence-corrected chi connectivity index (χ4v) is 3.60. The third-order valence-corrected chi connectivity index (χ3v) is 5.51. The van der Waals surface area contributed by atoms with Gasteiger partial charge in [-0.05, 0) is 54.8 Å². The van der Waals surface area contributed by atoms with E-state index >= 15 is 0 Å². The van der Waals surface area contributed by atoms with Crippen molar-refractivity contribution < 1.29 is 19.1 Å². The first-order valence-corrected chi connectivity index (χ1v) is 10.9. The van der Waals surface area contributed by atoms with Gasteiger partial charge in [0.05, 0.1) is 5.69 Å². The fourth-order valence-electron chi connectivity index (χ4n) is 3.26. The van der Waals surface area contributed by atoms with Crippen molar-refractivity contribution in [3.8, 4) is 17.4 Å². The molecule has 8 heteroatoms. The number of hydrogen-bond acceptors (Lipinski definition) is 5. The number of hydrogen-bond donors (Lipinski definition) is 1. The minimum atomic E-state index is -0.273. The van der Waals surface area contributed by atoms with Crippen LogP contribution in [0.5, 0.6) is 17.4 Å². The maximum atomic E-state index is 12.5. The Balaban J connectivity index is 1.34. The molecule has 1 aliphatic rings. The standard InChI is InChI=1S/C24H22BrN3O4/c1-15-3-4-16(2)20(9-15)32-23-8-5-17(12-27-23)11-26-22(29)13-28-19-7-6-18(25)10-21(19)31-14-24(28)30/h3-10,12H,11,13-14H2,1-2H3,(H,26,29). The summed E-state index contributed by atoms with van der Waals surface area (Å²) in [7, 11) is 0. The first kappa shape index (κ1) is 21.8. The predicted octanol–water partition coefficient (Wildman–Crippen LogP) is 4.30.